The van der Waals surface area contributed by atoms with Crippen molar-refractivity contribution >= 4 is 16.3 Å². The van der Waals surface area contributed by atoms with Gasteiger partial charge in [-0.25, -0.2) is 4.98 Å². The molecule has 0 saturated carbocycles. The normalized spacial score (nSPS) is 21.6. The Morgan fingerprint density at radius 1 is 1.26 bits per heavy atom. The number of aromatic hydroxyl groups is 1. The van der Waals surface area contributed by atoms with Crippen LogP contribution in [0.15, 0.2) is 24.3 Å². The molecule has 6 heteroatoms. The molecular weight excluding hydrogens is 356 g/mol. The minimum absolute atomic E-state index is 0.136. The van der Waals surface area contributed by atoms with Gasteiger partial charge in [0.1, 0.15) is 4.88 Å². The average molecular weight is 386 g/mol. The Bertz CT molecular complexity index is 914. The van der Waals surface area contributed by atoms with Crippen molar-refractivity contribution in [2.24, 2.45) is 5.92 Å². The molecule has 1 fully saturated rings. The predicted octanol–water partition coefficient (Wildman–Crippen LogP) is 3.03. The number of rotatable bonds is 5. The van der Waals surface area contributed by atoms with Gasteiger partial charge in [0.25, 0.3) is 0 Å². The number of nitrogens with zero attached hydrogens (tertiary/aromatic N) is 3. The summed E-state index contributed by atoms with van der Waals surface area (Å²) >= 11 is 1.59. The highest BCUT2D eigenvalue weighted by atomic mass is 32.1. The number of likely N-dealkylation sites (tertiary alicyclic amines) is 1. The third-order valence-corrected chi connectivity index (χ3v) is 6.84. The van der Waals surface area contributed by atoms with Crippen molar-refractivity contribution in [2.45, 2.75) is 52.5 Å². The number of fused-ring (bicyclic) bond motifs is 1. The summed E-state index contributed by atoms with van der Waals surface area (Å²) in [5, 5.41) is 15.5. The van der Waals surface area contributed by atoms with E-state index >= 15 is 0 Å². The first-order valence-corrected chi connectivity index (χ1v) is 10.9. The number of benzene rings is 1. The van der Waals surface area contributed by atoms with Crippen LogP contribution in [0.3, 0.4) is 0 Å². The monoisotopic (exact) mass is 385 g/mol. The number of thiazole rings is 1. The highest BCUT2D eigenvalue weighted by Gasteiger charge is 2.35. The third kappa shape index (κ3) is 3.48. The zero-order valence-electron chi connectivity index (χ0n) is 16.4. The van der Waals surface area contributed by atoms with E-state index in [-0.39, 0.29) is 11.9 Å². The number of hydrogen-bond acceptors (Lipinski definition) is 4. The molecule has 3 aromatic rings. The van der Waals surface area contributed by atoms with E-state index in [0.29, 0.717) is 5.92 Å². The molecule has 1 aliphatic rings. The van der Waals surface area contributed by atoms with Gasteiger partial charge in [-0.2, -0.15) is 4.52 Å². The fourth-order valence-electron chi connectivity index (χ4n) is 4.24. The second kappa shape index (κ2) is 7.60. The quantitative estimate of drug-likeness (QED) is 0.710. The van der Waals surface area contributed by atoms with Crippen molar-refractivity contribution in [3.63, 3.8) is 0 Å². The zero-order valence-corrected chi connectivity index (χ0v) is 17.2. The van der Waals surface area contributed by atoms with Crippen molar-refractivity contribution < 1.29 is 10.0 Å². The molecule has 4 rings (SSSR count). The molecule has 0 radical (unpaired) electrons. The van der Waals surface area contributed by atoms with Crippen LogP contribution in [0.4, 0.5) is 0 Å². The van der Waals surface area contributed by atoms with Crippen LogP contribution in [0, 0.1) is 5.92 Å². The first-order valence-electron chi connectivity index (χ1n) is 10.1. The van der Waals surface area contributed by atoms with Gasteiger partial charge in [0, 0.05) is 17.9 Å². The Kier molecular flexibility index (Phi) is 5.19. The molecule has 27 heavy (non-hydrogen) atoms. The summed E-state index contributed by atoms with van der Waals surface area (Å²) in [5.74, 6) is 1.76. The molecule has 0 bridgehead atoms. The number of hydrogen-bond donors (Lipinski definition) is 2. The van der Waals surface area contributed by atoms with Gasteiger partial charge >= 0.3 is 0 Å². The highest BCUT2D eigenvalue weighted by Crippen LogP contribution is 2.35. The van der Waals surface area contributed by atoms with E-state index < -0.39 is 0 Å². The zero-order chi connectivity index (χ0) is 19.0. The van der Waals surface area contributed by atoms with Gasteiger partial charge in [0.2, 0.25) is 10.8 Å². The van der Waals surface area contributed by atoms with Crippen LogP contribution < -0.4 is 4.90 Å². The largest absolute Gasteiger partial charge is 0.492 e. The van der Waals surface area contributed by atoms with E-state index in [1.165, 1.54) is 28.9 Å². The van der Waals surface area contributed by atoms with Crippen LogP contribution >= 0.6 is 11.3 Å². The lowest BCUT2D eigenvalue weighted by atomic mass is 9.95. The van der Waals surface area contributed by atoms with Gasteiger partial charge in [0.05, 0.1) is 13.1 Å². The molecule has 0 spiro atoms. The van der Waals surface area contributed by atoms with Crippen LogP contribution in [-0.2, 0) is 12.8 Å². The number of piperidine rings is 1. The highest BCUT2D eigenvalue weighted by molar-refractivity contribution is 7.17. The SMILES string of the molecule is CCc1ccc([C@H](c2sc3nc(CC)nn3c2O)[NH+]2CCC[C@H](C)C2)cc1. The van der Waals surface area contributed by atoms with Crippen molar-refractivity contribution in [2.75, 3.05) is 13.1 Å². The van der Waals surface area contributed by atoms with Gasteiger partial charge in [-0.05, 0) is 24.8 Å². The second-order valence-corrected chi connectivity index (χ2v) is 8.76. The fourth-order valence-corrected chi connectivity index (χ4v) is 5.40. The summed E-state index contributed by atoms with van der Waals surface area (Å²) in [6, 6.07) is 9.05. The average Bonchev–Trinajstić information content (AvgIpc) is 3.22. The Balaban J connectivity index is 1.79. The van der Waals surface area contributed by atoms with Crippen LogP contribution in [0.2, 0.25) is 0 Å². The van der Waals surface area contributed by atoms with Gasteiger partial charge in [-0.3, -0.25) is 0 Å². The molecular formula is C21H29N4OS+. The molecule has 1 aromatic carbocycles. The minimum atomic E-state index is 0.136. The number of nitrogens with one attached hydrogen (secondary N) is 1. The second-order valence-electron chi connectivity index (χ2n) is 7.75. The Morgan fingerprint density at radius 2 is 2.04 bits per heavy atom. The van der Waals surface area contributed by atoms with Crippen LogP contribution in [-0.4, -0.2) is 32.8 Å². The molecule has 5 nitrogen and oxygen atoms in total. The molecule has 0 amide bonds. The standard InChI is InChI=1S/C21H28N4OS/c1-4-15-8-10-16(11-9-15)18(24-12-6-7-14(3)13-24)19-20(26)25-21(27-19)22-17(5-2)23-25/h8-11,14,18,26H,4-7,12-13H2,1-3H3/p+1/t14-,18+/m0/s1. The van der Waals surface area contributed by atoms with Crippen molar-refractivity contribution in [1.29, 1.82) is 0 Å². The maximum atomic E-state index is 11.0. The lowest BCUT2D eigenvalue weighted by Crippen LogP contribution is -3.13. The first kappa shape index (κ1) is 18.4. The maximum Gasteiger partial charge on any atom is 0.235 e. The van der Waals surface area contributed by atoms with Crippen molar-refractivity contribution in [1.82, 2.24) is 14.6 Å². The molecule has 2 aromatic heterocycles. The van der Waals surface area contributed by atoms with E-state index in [4.69, 9.17) is 0 Å². The smallest absolute Gasteiger partial charge is 0.235 e. The predicted molar refractivity (Wildman–Crippen MR) is 109 cm³/mol. The molecule has 1 unspecified atom stereocenters. The molecule has 1 aliphatic heterocycles. The van der Waals surface area contributed by atoms with E-state index in [1.54, 1.807) is 15.9 Å². The molecule has 1 saturated heterocycles. The van der Waals surface area contributed by atoms with E-state index in [1.807, 2.05) is 6.92 Å². The summed E-state index contributed by atoms with van der Waals surface area (Å²) in [5.41, 5.74) is 2.62. The minimum Gasteiger partial charge on any atom is -0.492 e. The third-order valence-electron chi connectivity index (χ3n) is 5.76. The maximum absolute atomic E-state index is 11.0. The summed E-state index contributed by atoms with van der Waals surface area (Å²) < 4.78 is 1.62. The van der Waals surface area contributed by atoms with Gasteiger partial charge < -0.3 is 10.0 Å². The van der Waals surface area contributed by atoms with Gasteiger partial charge in [0.15, 0.2) is 11.9 Å². The first-order chi connectivity index (χ1) is 13.1. The van der Waals surface area contributed by atoms with Crippen molar-refractivity contribution in [3.8, 4) is 5.88 Å². The topological polar surface area (TPSA) is 54.9 Å². The Labute approximate surface area is 164 Å². The summed E-state index contributed by atoms with van der Waals surface area (Å²) in [6.07, 6.45) is 4.36. The number of aryl methyl sites for hydroxylation is 2. The van der Waals surface area contributed by atoms with Crippen LogP contribution in [0.5, 0.6) is 5.88 Å². The van der Waals surface area contributed by atoms with Gasteiger partial charge in [-0.15, -0.1) is 5.10 Å². The molecule has 144 valence electrons. The molecule has 3 atom stereocenters. The fraction of sp³-hybridized carbons (Fsp3) is 0.524. The summed E-state index contributed by atoms with van der Waals surface area (Å²) in [7, 11) is 0. The molecule has 2 N–H and O–H groups in total. The lowest BCUT2D eigenvalue weighted by molar-refractivity contribution is -0.933. The Morgan fingerprint density at radius 3 is 2.67 bits per heavy atom. The van der Waals surface area contributed by atoms with Gasteiger partial charge in [-0.1, -0.05) is 56.4 Å². The lowest BCUT2D eigenvalue weighted by Gasteiger charge is -2.34. The van der Waals surface area contributed by atoms with Crippen molar-refractivity contribution in [3.05, 3.63) is 46.1 Å². The summed E-state index contributed by atoms with van der Waals surface area (Å²) in [6.45, 7) is 8.83. The Hall–Kier alpha value is -1.92. The van der Waals surface area contributed by atoms with Crippen LogP contribution in [0.1, 0.15) is 61.5 Å². The number of aromatic nitrogens is 3. The number of quaternary nitrogens is 1. The molecule has 0 aliphatic carbocycles. The van der Waals surface area contributed by atoms with Crippen LogP contribution in [0.25, 0.3) is 4.96 Å². The van der Waals surface area contributed by atoms with E-state index in [2.05, 4.69) is 48.2 Å². The van der Waals surface area contributed by atoms with E-state index in [9.17, 15) is 5.11 Å². The van der Waals surface area contributed by atoms with E-state index in [0.717, 1.165) is 41.6 Å². The molecule has 3 heterocycles. The summed E-state index contributed by atoms with van der Waals surface area (Å²) in [4.78, 5) is 7.89.